The van der Waals surface area contributed by atoms with Crippen LogP contribution in [0.15, 0.2) is 0 Å². The van der Waals surface area contributed by atoms with Gasteiger partial charge in [0, 0.05) is 0 Å². The summed E-state index contributed by atoms with van der Waals surface area (Å²) >= 11 is 0. The summed E-state index contributed by atoms with van der Waals surface area (Å²) in [5.41, 5.74) is -0.468. The third-order valence-corrected chi connectivity index (χ3v) is 4.46. The van der Waals surface area contributed by atoms with Gasteiger partial charge in [-0.15, -0.1) is 0 Å². The van der Waals surface area contributed by atoms with Crippen molar-refractivity contribution < 1.29 is 9.84 Å². The average molecular weight is 286 g/mol. The van der Waals surface area contributed by atoms with Gasteiger partial charge >= 0.3 is 0 Å². The highest BCUT2D eigenvalue weighted by Gasteiger charge is 2.30. The molecule has 0 bridgehead atoms. The molecule has 0 rings (SSSR count). The zero-order chi connectivity index (χ0) is 15.5. The van der Waals surface area contributed by atoms with Gasteiger partial charge in [-0.3, -0.25) is 0 Å². The summed E-state index contributed by atoms with van der Waals surface area (Å²) < 4.78 is 6.29. The maximum atomic E-state index is 10.7. The lowest BCUT2D eigenvalue weighted by Gasteiger charge is -2.35. The van der Waals surface area contributed by atoms with Crippen molar-refractivity contribution in [1.29, 1.82) is 0 Å². The second-order valence-corrected chi connectivity index (χ2v) is 6.36. The Kier molecular flexibility index (Phi) is 10.6. The standard InChI is InChI=1S/C18H38O2/c1-6-11-17(19,12-7-2)15-16-20-18(10-5,13-8-3)14-9-4/h19H,6-16H2,1-5H3. The molecule has 2 heteroatoms. The molecule has 0 aliphatic heterocycles. The van der Waals surface area contributed by atoms with Gasteiger partial charge in [-0.1, -0.05) is 60.3 Å². The van der Waals surface area contributed by atoms with Crippen LogP contribution in [0, 0.1) is 0 Å². The summed E-state index contributed by atoms with van der Waals surface area (Å²) in [5, 5.41) is 10.7. The Hall–Kier alpha value is -0.0800. The maximum Gasteiger partial charge on any atom is 0.0679 e. The van der Waals surface area contributed by atoms with E-state index >= 15 is 0 Å². The van der Waals surface area contributed by atoms with Gasteiger partial charge in [0.1, 0.15) is 0 Å². The fraction of sp³-hybridized carbons (Fsp3) is 1.00. The van der Waals surface area contributed by atoms with Crippen LogP contribution in [0.5, 0.6) is 0 Å². The molecule has 0 radical (unpaired) electrons. The van der Waals surface area contributed by atoms with Crippen molar-refractivity contribution in [3.63, 3.8) is 0 Å². The van der Waals surface area contributed by atoms with Gasteiger partial charge in [0.2, 0.25) is 0 Å². The fourth-order valence-corrected chi connectivity index (χ4v) is 3.40. The second kappa shape index (κ2) is 10.6. The molecule has 0 aromatic rings. The molecule has 0 aliphatic carbocycles. The van der Waals surface area contributed by atoms with Gasteiger partial charge in [-0.2, -0.15) is 0 Å². The molecule has 0 spiro atoms. The van der Waals surface area contributed by atoms with E-state index < -0.39 is 5.60 Å². The Labute approximate surface area is 127 Å². The van der Waals surface area contributed by atoms with Crippen LogP contribution < -0.4 is 0 Å². The van der Waals surface area contributed by atoms with Crippen LogP contribution in [0.25, 0.3) is 0 Å². The fourth-order valence-electron chi connectivity index (χ4n) is 3.40. The molecular formula is C18H38O2. The first-order valence-electron chi connectivity index (χ1n) is 8.87. The molecule has 122 valence electrons. The molecule has 0 saturated carbocycles. The predicted octanol–water partition coefficient (Wildman–Crippen LogP) is 5.47. The molecule has 0 atom stereocenters. The van der Waals surface area contributed by atoms with Crippen LogP contribution in [0.1, 0.15) is 98.8 Å². The van der Waals surface area contributed by atoms with Gasteiger partial charge in [-0.05, 0) is 38.5 Å². The van der Waals surface area contributed by atoms with Crippen LogP contribution in [-0.4, -0.2) is 22.9 Å². The van der Waals surface area contributed by atoms with Gasteiger partial charge < -0.3 is 9.84 Å². The van der Waals surface area contributed by atoms with E-state index in [1.54, 1.807) is 0 Å². The van der Waals surface area contributed by atoms with E-state index in [0.29, 0.717) is 6.61 Å². The van der Waals surface area contributed by atoms with E-state index in [0.717, 1.165) is 51.4 Å². The number of ether oxygens (including phenoxy) is 1. The first-order valence-corrected chi connectivity index (χ1v) is 8.87. The molecule has 0 saturated heterocycles. The largest absolute Gasteiger partial charge is 0.390 e. The van der Waals surface area contributed by atoms with E-state index in [1.165, 1.54) is 12.8 Å². The first kappa shape index (κ1) is 19.9. The highest BCUT2D eigenvalue weighted by molar-refractivity contribution is 4.81. The molecule has 20 heavy (non-hydrogen) atoms. The molecule has 0 heterocycles. The van der Waals surface area contributed by atoms with E-state index in [4.69, 9.17) is 4.74 Å². The number of hydrogen-bond donors (Lipinski definition) is 1. The van der Waals surface area contributed by atoms with Crippen molar-refractivity contribution in [2.75, 3.05) is 6.61 Å². The number of rotatable bonds is 13. The Morgan fingerprint density at radius 3 is 1.50 bits per heavy atom. The van der Waals surface area contributed by atoms with Gasteiger partial charge in [0.25, 0.3) is 0 Å². The third-order valence-electron chi connectivity index (χ3n) is 4.46. The van der Waals surface area contributed by atoms with Crippen molar-refractivity contribution in [2.45, 2.75) is 110 Å². The van der Waals surface area contributed by atoms with Crippen LogP contribution in [0.3, 0.4) is 0 Å². The van der Waals surface area contributed by atoms with Crippen LogP contribution in [0.4, 0.5) is 0 Å². The van der Waals surface area contributed by atoms with Crippen molar-refractivity contribution >= 4 is 0 Å². The summed E-state index contributed by atoms with van der Waals surface area (Å²) in [5.74, 6) is 0. The minimum Gasteiger partial charge on any atom is -0.390 e. The van der Waals surface area contributed by atoms with Crippen molar-refractivity contribution in [1.82, 2.24) is 0 Å². The molecule has 2 nitrogen and oxygen atoms in total. The van der Waals surface area contributed by atoms with Crippen LogP contribution >= 0.6 is 0 Å². The zero-order valence-electron chi connectivity index (χ0n) is 14.6. The quantitative estimate of drug-likeness (QED) is 0.486. The molecular weight excluding hydrogens is 248 g/mol. The minimum absolute atomic E-state index is 0.0445. The zero-order valence-corrected chi connectivity index (χ0v) is 14.6. The normalized spacial score (nSPS) is 12.9. The molecule has 1 N–H and O–H groups in total. The molecule has 0 aromatic heterocycles. The number of aliphatic hydroxyl groups is 1. The Bertz CT molecular complexity index is 213. The lowest BCUT2D eigenvalue weighted by molar-refractivity contribution is -0.0888. The van der Waals surface area contributed by atoms with Crippen LogP contribution in [-0.2, 0) is 4.74 Å². The number of hydrogen-bond acceptors (Lipinski definition) is 2. The minimum atomic E-state index is -0.512. The Morgan fingerprint density at radius 1 is 0.700 bits per heavy atom. The van der Waals surface area contributed by atoms with Gasteiger partial charge in [0.15, 0.2) is 0 Å². The SMILES string of the molecule is CCCC(O)(CCC)CCOC(CC)(CCC)CCC. The smallest absolute Gasteiger partial charge is 0.0679 e. The summed E-state index contributed by atoms with van der Waals surface area (Å²) in [6.45, 7) is 11.7. The third kappa shape index (κ3) is 7.08. The first-order chi connectivity index (χ1) is 9.51. The molecule has 0 fully saturated rings. The van der Waals surface area contributed by atoms with E-state index in [9.17, 15) is 5.11 Å². The van der Waals surface area contributed by atoms with Crippen molar-refractivity contribution in [3.8, 4) is 0 Å². The molecule has 0 aliphatic rings. The topological polar surface area (TPSA) is 29.5 Å². The van der Waals surface area contributed by atoms with E-state index in [-0.39, 0.29) is 5.60 Å². The summed E-state index contributed by atoms with van der Waals surface area (Å²) in [6, 6.07) is 0. The second-order valence-electron chi connectivity index (χ2n) is 6.36. The van der Waals surface area contributed by atoms with Gasteiger partial charge in [0.05, 0.1) is 17.8 Å². The highest BCUT2D eigenvalue weighted by Crippen LogP contribution is 2.30. The predicted molar refractivity (Wildman–Crippen MR) is 88.2 cm³/mol. The van der Waals surface area contributed by atoms with E-state index in [2.05, 4.69) is 34.6 Å². The highest BCUT2D eigenvalue weighted by atomic mass is 16.5. The van der Waals surface area contributed by atoms with Crippen LogP contribution in [0.2, 0.25) is 0 Å². The molecule has 0 amide bonds. The summed E-state index contributed by atoms with van der Waals surface area (Å²) in [6.07, 6.45) is 10.3. The van der Waals surface area contributed by atoms with Crippen molar-refractivity contribution in [3.05, 3.63) is 0 Å². The average Bonchev–Trinajstić information content (AvgIpc) is 2.39. The van der Waals surface area contributed by atoms with Gasteiger partial charge in [-0.25, -0.2) is 0 Å². The monoisotopic (exact) mass is 286 g/mol. The Morgan fingerprint density at radius 2 is 1.15 bits per heavy atom. The summed E-state index contributed by atoms with van der Waals surface area (Å²) in [7, 11) is 0. The molecule has 0 unspecified atom stereocenters. The lowest BCUT2D eigenvalue weighted by Crippen LogP contribution is -2.36. The summed E-state index contributed by atoms with van der Waals surface area (Å²) in [4.78, 5) is 0. The lowest BCUT2D eigenvalue weighted by atomic mass is 9.88. The Balaban J connectivity index is 4.45. The maximum absolute atomic E-state index is 10.7. The molecule has 0 aromatic carbocycles. The van der Waals surface area contributed by atoms with E-state index in [1.807, 2.05) is 0 Å². The van der Waals surface area contributed by atoms with Crippen molar-refractivity contribution in [2.24, 2.45) is 0 Å².